The Kier molecular flexibility index (Phi) is 22.1. The number of hydrogen-bond acceptors (Lipinski definition) is 4. The zero-order chi connectivity index (χ0) is 93.8. The monoisotopic (exact) mass is 1810 g/mol. The fourth-order valence-electron chi connectivity index (χ4n) is 21.4. The molecule has 6 heterocycles. The van der Waals surface area contributed by atoms with Crippen LogP contribution in [0.4, 0.5) is 0 Å². The Balaban J connectivity index is 0.000000115. The van der Waals surface area contributed by atoms with Crippen molar-refractivity contribution in [3.05, 3.63) is 527 Å². The van der Waals surface area contributed by atoms with Crippen LogP contribution in [0.5, 0.6) is 0 Å². The Hall–Kier alpha value is -19.3. The lowest BCUT2D eigenvalue weighted by atomic mass is 9.92. The zero-order valence-electron chi connectivity index (χ0n) is 76.6. The summed E-state index contributed by atoms with van der Waals surface area (Å²) in [5.74, 6) is 0.689. The van der Waals surface area contributed by atoms with Crippen LogP contribution in [0.1, 0.15) is 18.6 Å². The van der Waals surface area contributed by atoms with Crippen LogP contribution < -0.4 is 0 Å². The molecular weight excluding hydrogens is 1720 g/mol. The average Bonchev–Trinajstić information content (AvgIpc) is 1.56. The molecule has 142 heavy (non-hydrogen) atoms. The smallest absolute Gasteiger partial charge is 0.161 e. The lowest BCUT2D eigenvalue weighted by Gasteiger charge is -2.21. The number of hydrogen-bond donors (Lipinski definition) is 0. The van der Waals surface area contributed by atoms with E-state index in [0.29, 0.717) is 17.0 Å². The van der Waals surface area contributed by atoms with Gasteiger partial charge < -0.3 is 22.8 Å². The predicted octanol–water partition coefficient (Wildman–Crippen LogP) is 34.7. The van der Waals surface area contributed by atoms with E-state index >= 15 is 0 Å². The lowest BCUT2D eigenvalue weighted by molar-refractivity contribution is 1.16. The normalized spacial score (nSPS) is 11.3. The first-order valence-corrected chi connectivity index (χ1v) is 47.6. The van der Waals surface area contributed by atoms with Crippen LogP contribution in [0.15, 0.2) is 516 Å². The van der Waals surface area contributed by atoms with Crippen molar-refractivity contribution in [1.29, 1.82) is 10.5 Å². The minimum absolute atomic E-state index is 0. The number of fused-ring (bicyclic) bond motifs is 15. The van der Waals surface area contributed by atoms with E-state index in [1.54, 1.807) is 0 Å². The van der Waals surface area contributed by atoms with Crippen molar-refractivity contribution < 1.29 is 0 Å². The number of para-hydroxylation sites is 12. The maximum atomic E-state index is 9.72. The van der Waals surface area contributed by atoms with Gasteiger partial charge in [0.25, 0.3) is 0 Å². The molecule has 0 saturated carbocycles. The van der Waals surface area contributed by atoms with E-state index in [0.717, 1.165) is 145 Å². The van der Waals surface area contributed by atoms with Crippen molar-refractivity contribution in [2.75, 3.05) is 0 Å². The van der Waals surface area contributed by atoms with Gasteiger partial charge in [-0.05, 0) is 137 Å². The number of benzene rings is 21. The Morgan fingerprint density at radius 1 is 0.169 bits per heavy atom. The SMILES string of the molecule is C.N#Cc1ccc2c(c1)c1ccccc1n2-c1cccc(-c2cccc(-c3ccccc3)c2-n2c3ccccc3c3ccccc32)c1.N#Cc1ccc2c(c1)c1ccccc1n2-c1ccccc1-c1cccc(-c2ccccc2)c1-n1c2ccccc2c2ccccc21.c1ccc(-c2cc(-c3ccccc3)nc(-c3ccccc3-c3cccc(-c4ccccc4)c3-n3c4ccccc4c4ccccc43)n2)cc1. The second-order valence-corrected chi connectivity index (χ2v) is 35.5. The summed E-state index contributed by atoms with van der Waals surface area (Å²) in [6, 6.07) is 187. The number of aromatic nitrogens is 7. The topological polar surface area (TPSA) is 98.0 Å². The summed E-state index contributed by atoms with van der Waals surface area (Å²) in [7, 11) is 0. The average molecular weight is 1810 g/mol. The molecule has 0 aliphatic rings. The predicted molar refractivity (Wildman–Crippen MR) is 592 cm³/mol. The highest BCUT2D eigenvalue weighted by Gasteiger charge is 2.28. The molecule has 0 amide bonds. The standard InChI is InChI=1S/C46H31N3.2C43H27N3.CH4/c1-4-17-32(18-5-1)35-27-16-28-39(45(35)49-43-29-14-12-24-37(43)38-25-13-15-30-44(38)49)36-23-10-11-26-40(36)46-47-41(33-19-6-2-7-20-33)31-42(48-46)34-21-8-3-9-22-34;44-28-29-25-26-42-37(27-29)35-18-7-9-22-39(35)45(42)38-21-8-6-17-34(38)36-20-12-19-31(30-13-2-1-3-14-30)43(36)46-40-23-10-4-15-32(40)33-16-5-11-24-41(33)46;44-28-29-24-25-42-38(26-29)37-18-6-7-21-39(37)45(42)32-15-10-14-31(27-32)34-20-11-19-33(30-12-2-1-3-13-30)43(34)46-40-22-8-4-16-35(40)36-17-5-9-23-41(36)46;/h1-31H;2*1-27H;1H4. The minimum Gasteiger partial charge on any atom is -0.309 e. The molecule has 6 aromatic heterocycles. The summed E-state index contributed by atoms with van der Waals surface area (Å²) in [4.78, 5) is 10.5. The molecule has 0 atom stereocenters. The highest BCUT2D eigenvalue weighted by molar-refractivity contribution is 6.16. The van der Waals surface area contributed by atoms with Crippen molar-refractivity contribution in [1.82, 2.24) is 32.8 Å². The van der Waals surface area contributed by atoms with E-state index in [4.69, 9.17) is 9.97 Å². The summed E-state index contributed by atoms with van der Waals surface area (Å²) in [6.07, 6.45) is 0. The van der Waals surface area contributed by atoms with Gasteiger partial charge in [-0.1, -0.05) is 414 Å². The van der Waals surface area contributed by atoms with Gasteiger partial charge in [0.15, 0.2) is 5.82 Å². The largest absolute Gasteiger partial charge is 0.309 e. The Morgan fingerprint density at radius 2 is 0.423 bits per heavy atom. The summed E-state index contributed by atoms with van der Waals surface area (Å²) < 4.78 is 12.0. The molecule has 666 valence electrons. The van der Waals surface area contributed by atoms with E-state index < -0.39 is 0 Å². The maximum Gasteiger partial charge on any atom is 0.161 e. The lowest BCUT2D eigenvalue weighted by Crippen LogP contribution is -2.03. The zero-order valence-corrected chi connectivity index (χ0v) is 76.6. The van der Waals surface area contributed by atoms with E-state index in [9.17, 15) is 10.5 Å². The van der Waals surface area contributed by atoms with E-state index in [-0.39, 0.29) is 7.43 Å². The van der Waals surface area contributed by atoms with Crippen molar-refractivity contribution >= 4 is 109 Å². The summed E-state index contributed by atoms with van der Waals surface area (Å²) >= 11 is 0. The quantitative estimate of drug-likeness (QED) is 0.108. The molecule has 0 N–H and O–H groups in total. The molecule has 0 unspecified atom stereocenters. The van der Waals surface area contributed by atoms with Gasteiger partial charge in [-0.3, -0.25) is 0 Å². The maximum absolute atomic E-state index is 9.72. The summed E-state index contributed by atoms with van der Waals surface area (Å²) in [5.41, 5.74) is 36.9. The van der Waals surface area contributed by atoms with E-state index in [2.05, 4.69) is 514 Å². The third kappa shape index (κ3) is 14.9. The van der Waals surface area contributed by atoms with Crippen LogP contribution in [0.25, 0.3) is 238 Å². The third-order valence-corrected chi connectivity index (χ3v) is 27.6. The van der Waals surface area contributed by atoms with Crippen LogP contribution in [0, 0.1) is 22.7 Å². The van der Waals surface area contributed by atoms with Gasteiger partial charge in [0.1, 0.15) is 0 Å². The van der Waals surface area contributed by atoms with Gasteiger partial charge in [0.2, 0.25) is 0 Å². The van der Waals surface area contributed by atoms with Crippen LogP contribution in [0.2, 0.25) is 0 Å². The van der Waals surface area contributed by atoms with Crippen molar-refractivity contribution in [3.63, 3.8) is 0 Å². The fourth-order valence-corrected chi connectivity index (χ4v) is 21.4. The van der Waals surface area contributed by atoms with Gasteiger partial charge in [0.05, 0.1) is 113 Å². The first-order chi connectivity index (χ1) is 69.9. The third-order valence-electron chi connectivity index (χ3n) is 27.6. The van der Waals surface area contributed by atoms with Gasteiger partial charge in [-0.2, -0.15) is 10.5 Å². The van der Waals surface area contributed by atoms with Gasteiger partial charge >= 0.3 is 0 Å². The van der Waals surface area contributed by atoms with Gasteiger partial charge in [-0.15, -0.1) is 0 Å². The second kappa shape index (κ2) is 36.7. The van der Waals surface area contributed by atoms with Crippen LogP contribution in [-0.2, 0) is 0 Å². The Labute approximate surface area is 822 Å². The van der Waals surface area contributed by atoms with Crippen molar-refractivity contribution in [3.8, 4) is 141 Å². The number of nitriles is 2. The minimum atomic E-state index is 0. The van der Waals surface area contributed by atoms with Gasteiger partial charge in [-0.25, -0.2) is 9.97 Å². The Morgan fingerprint density at radius 3 is 0.803 bits per heavy atom. The van der Waals surface area contributed by atoms with Crippen LogP contribution >= 0.6 is 0 Å². The van der Waals surface area contributed by atoms with Crippen molar-refractivity contribution in [2.24, 2.45) is 0 Å². The molecule has 0 radical (unpaired) electrons. The van der Waals surface area contributed by atoms with E-state index in [1.165, 1.54) is 87.7 Å². The molecule has 21 aromatic carbocycles. The van der Waals surface area contributed by atoms with Crippen LogP contribution in [0.3, 0.4) is 0 Å². The van der Waals surface area contributed by atoms with Crippen molar-refractivity contribution in [2.45, 2.75) is 7.43 Å². The molecule has 9 nitrogen and oxygen atoms in total. The summed E-state index contributed by atoms with van der Waals surface area (Å²) in [5, 5.41) is 31.2. The molecule has 0 bridgehead atoms. The summed E-state index contributed by atoms with van der Waals surface area (Å²) in [6.45, 7) is 0. The molecule has 27 aromatic rings. The molecule has 0 aliphatic heterocycles. The molecule has 0 saturated heterocycles. The number of rotatable bonds is 14. The molecular formula is C133H89N9. The fraction of sp³-hybridized carbons (Fsp3) is 0.00752. The molecule has 27 rings (SSSR count). The van der Waals surface area contributed by atoms with E-state index in [1.807, 2.05) is 36.4 Å². The highest BCUT2D eigenvalue weighted by Crippen LogP contribution is 2.50. The first kappa shape index (κ1) is 85.6. The van der Waals surface area contributed by atoms with Gasteiger partial charge in [0, 0.05) is 115 Å². The second-order valence-electron chi connectivity index (χ2n) is 35.5. The number of nitrogens with zero attached hydrogens (tertiary/aromatic N) is 9. The molecule has 0 fully saturated rings. The molecule has 9 heteroatoms. The first-order valence-electron chi connectivity index (χ1n) is 47.6. The van der Waals surface area contributed by atoms with Crippen LogP contribution in [-0.4, -0.2) is 32.8 Å². The molecule has 0 spiro atoms. The molecule has 0 aliphatic carbocycles. The highest BCUT2D eigenvalue weighted by atomic mass is 15.0. The Bertz CT molecular complexity index is 9430.